The predicted octanol–water partition coefficient (Wildman–Crippen LogP) is 7.79. The normalized spacial score (nSPS) is 19.0. The topological polar surface area (TPSA) is 29.5 Å². The predicted molar refractivity (Wildman–Crippen MR) is 136 cm³/mol. The number of ether oxygens (including phenoxy) is 1. The van der Waals surface area contributed by atoms with Crippen molar-refractivity contribution in [3.8, 4) is 5.75 Å². The first-order valence-corrected chi connectivity index (χ1v) is 13.3. The van der Waals surface area contributed by atoms with Crippen LogP contribution in [0, 0.1) is 5.82 Å². The number of benzene rings is 2. The van der Waals surface area contributed by atoms with Crippen molar-refractivity contribution in [1.29, 1.82) is 0 Å². The molecule has 1 heterocycles. The summed E-state index contributed by atoms with van der Waals surface area (Å²) >= 11 is 6.62. The maximum absolute atomic E-state index is 14.9. The number of hydrogen-bond donors (Lipinski definition) is 0. The van der Waals surface area contributed by atoms with E-state index in [2.05, 4.69) is 24.9 Å². The van der Waals surface area contributed by atoms with Gasteiger partial charge in [0.1, 0.15) is 0 Å². The zero-order valence-electron chi connectivity index (χ0n) is 20.5. The fourth-order valence-corrected chi connectivity index (χ4v) is 5.96. The smallest absolute Gasteiger partial charge is 0.311 e. The number of likely N-dealkylation sites (N-methyl/N-ethyl adjacent to an activating group) is 1. The molecule has 1 aliphatic heterocycles. The van der Waals surface area contributed by atoms with Gasteiger partial charge in [0.05, 0.1) is 0 Å². The van der Waals surface area contributed by atoms with Crippen LogP contribution in [0.5, 0.6) is 5.75 Å². The molecule has 4 rings (SSSR count). The number of esters is 1. The number of fused-ring (bicyclic) bond motifs is 1. The Morgan fingerprint density at radius 1 is 1.12 bits per heavy atom. The van der Waals surface area contributed by atoms with Crippen LogP contribution >= 0.6 is 11.6 Å². The van der Waals surface area contributed by atoms with E-state index in [1.54, 1.807) is 12.1 Å². The molecule has 0 N–H and O–H groups in total. The third-order valence-corrected chi connectivity index (χ3v) is 7.92. The van der Waals surface area contributed by atoms with Gasteiger partial charge in [-0.15, -0.1) is 0 Å². The molecule has 0 spiro atoms. The summed E-state index contributed by atoms with van der Waals surface area (Å²) in [6.45, 7) is 3.07. The van der Waals surface area contributed by atoms with Gasteiger partial charge in [-0.1, -0.05) is 75.2 Å². The highest BCUT2D eigenvalue weighted by atomic mass is 35.5. The summed E-state index contributed by atoms with van der Waals surface area (Å²) in [5.74, 6) is -0.736. The quantitative estimate of drug-likeness (QED) is 0.185. The molecule has 0 amide bonds. The summed E-state index contributed by atoms with van der Waals surface area (Å²) in [6, 6.07) is 11.5. The molecule has 0 saturated heterocycles. The van der Waals surface area contributed by atoms with Gasteiger partial charge >= 0.3 is 5.97 Å². The molecule has 2 aliphatic rings. The van der Waals surface area contributed by atoms with E-state index in [1.807, 2.05) is 18.2 Å². The second kappa shape index (κ2) is 11.2. The van der Waals surface area contributed by atoms with Gasteiger partial charge in [-0.05, 0) is 67.6 Å². The largest absolute Gasteiger partial charge is 0.423 e. The van der Waals surface area contributed by atoms with Gasteiger partial charge in [0, 0.05) is 29.4 Å². The van der Waals surface area contributed by atoms with Crippen molar-refractivity contribution in [2.24, 2.45) is 0 Å². The minimum Gasteiger partial charge on any atom is -0.423 e. The second-order valence-electron chi connectivity index (χ2n) is 10.1. The SMILES string of the molecule is CCCCCCCCCC(=O)Oc1cc2c(cc1F)CCN(C)C2C1(c2ccccc2Cl)CC1. The van der Waals surface area contributed by atoms with E-state index in [1.165, 1.54) is 25.7 Å². The lowest BCUT2D eigenvalue weighted by Crippen LogP contribution is -2.39. The molecule has 1 atom stereocenters. The maximum atomic E-state index is 14.9. The van der Waals surface area contributed by atoms with E-state index in [0.29, 0.717) is 6.42 Å². The zero-order valence-corrected chi connectivity index (χ0v) is 21.3. The molecule has 0 bridgehead atoms. The maximum Gasteiger partial charge on any atom is 0.311 e. The van der Waals surface area contributed by atoms with Crippen LogP contribution in [0.3, 0.4) is 0 Å². The Kier molecular flexibility index (Phi) is 8.31. The number of unbranched alkanes of at least 4 members (excludes halogenated alkanes) is 6. The molecule has 34 heavy (non-hydrogen) atoms. The molecule has 1 unspecified atom stereocenters. The van der Waals surface area contributed by atoms with E-state index in [4.69, 9.17) is 16.3 Å². The molecule has 1 fully saturated rings. The number of nitrogens with zero attached hydrogens (tertiary/aromatic N) is 1. The number of halogens is 2. The molecule has 3 nitrogen and oxygen atoms in total. The van der Waals surface area contributed by atoms with Gasteiger partial charge in [-0.25, -0.2) is 4.39 Å². The first-order valence-electron chi connectivity index (χ1n) is 12.9. The van der Waals surface area contributed by atoms with E-state index in [0.717, 1.165) is 66.8 Å². The van der Waals surface area contributed by atoms with Gasteiger partial charge in [0.25, 0.3) is 0 Å². The second-order valence-corrected chi connectivity index (χ2v) is 10.5. The van der Waals surface area contributed by atoms with Crippen molar-refractivity contribution >= 4 is 17.6 Å². The van der Waals surface area contributed by atoms with Gasteiger partial charge < -0.3 is 4.74 Å². The molecule has 5 heteroatoms. The Morgan fingerprint density at radius 2 is 1.82 bits per heavy atom. The molecule has 0 aromatic heterocycles. The standard InChI is InChI=1S/C29H37ClFNO2/c1-3-4-5-6-7-8-9-14-27(33)34-26-20-22-21(19-25(26)31)15-18-32(2)28(22)29(16-17-29)23-12-10-11-13-24(23)30/h10-13,19-20,28H,3-9,14-18H2,1-2H3. The summed E-state index contributed by atoms with van der Waals surface area (Å²) in [5, 5.41) is 0.781. The third-order valence-electron chi connectivity index (χ3n) is 7.59. The lowest BCUT2D eigenvalue weighted by molar-refractivity contribution is -0.134. The number of carbonyl (C=O) groups excluding carboxylic acids is 1. The lowest BCUT2D eigenvalue weighted by atomic mass is 9.78. The fraction of sp³-hybridized carbons (Fsp3) is 0.552. The molecule has 1 saturated carbocycles. The van der Waals surface area contributed by atoms with Gasteiger partial charge in [-0.3, -0.25) is 9.69 Å². The minimum absolute atomic E-state index is 0.0574. The fourth-order valence-electron chi connectivity index (χ4n) is 5.63. The first kappa shape index (κ1) is 25.2. The number of carbonyl (C=O) groups is 1. The van der Waals surface area contributed by atoms with E-state index >= 15 is 0 Å². The van der Waals surface area contributed by atoms with Crippen molar-refractivity contribution in [2.75, 3.05) is 13.6 Å². The zero-order chi connectivity index (χ0) is 24.1. The van der Waals surface area contributed by atoms with E-state index in [-0.39, 0.29) is 23.2 Å². The van der Waals surface area contributed by atoms with Crippen molar-refractivity contribution in [1.82, 2.24) is 4.90 Å². The molecule has 2 aromatic rings. The highest BCUT2D eigenvalue weighted by Crippen LogP contribution is 2.61. The summed E-state index contributed by atoms with van der Waals surface area (Å²) in [7, 11) is 2.13. The van der Waals surface area contributed by atoms with Crippen LogP contribution in [-0.4, -0.2) is 24.5 Å². The third kappa shape index (κ3) is 5.49. The molecule has 0 radical (unpaired) electrons. The summed E-state index contributed by atoms with van der Waals surface area (Å²) in [6.07, 6.45) is 11.1. The lowest BCUT2D eigenvalue weighted by Gasteiger charge is -2.41. The highest BCUT2D eigenvalue weighted by molar-refractivity contribution is 6.31. The van der Waals surface area contributed by atoms with E-state index < -0.39 is 5.82 Å². The summed E-state index contributed by atoms with van der Waals surface area (Å²) < 4.78 is 20.5. The van der Waals surface area contributed by atoms with Gasteiger partial charge in [-0.2, -0.15) is 0 Å². The molecule has 1 aliphatic carbocycles. The molecular formula is C29H37ClFNO2. The Hall–Kier alpha value is -1.91. The van der Waals surface area contributed by atoms with Crippen LogP contribution in [0.1, 0.15) is 93.9 Å². The Balaban J connectivity index is 1.48. The van der Waals surface area contributed by atoms with Crippen LogP contribution in [0.4, 0.5) is 4.39 Å². The highest BCUT2D eigenvalue weighted by Gasteiger charge is 2.54. The van der Waals surface area contributed by atoms with Crippen LogP contribution in [0.25, 0.3) is 0 Å². The van der Waals surface area contributed by atoms with Crippen molar-refractivity contribution in [2.45, 2.75) is 89.0 Å². The summed E-state index contributed by atoms with van der Waals surface area (Å²) in [5.41, 5.74) is 3.14. The average molecular weight is 486 g/mol. The average Bonchev–Trinajstić information content (AvgIpc) is 3.61. The van der Waals surface area contributed by atoms with Crippen molar-refractivity contribution in [3.63, 3.8) is 0 Å². The first-order chi connectivity index (χ1) is 16.5. The van der Waals surface area contributed by atoms with E-state index in [9.17, 15) is 9.18 Å². The van der Waals surface area contributed by atoms with Crippen LogP contribution in [0.15, 0.2) is 36.4 Å². The Labute approximate surface area is 208 Å². The summed E-state index contributed by atoms with van der Waals surface area (Å²) in [4.78, 5) is 14.8. The van der Waals surface area contributed by atoms with Gasteiger partial charge in [0.15, 0.2) is 11.6 Å². The van der Waals surface area contributed by atoms with Crippen LogP contribution in [-0.2, 0) is 16.6 Å². The van der Waals surface area contributed by atoms with Crippen LogP contribution < -0.4 is 4.74 Å². The number of rotatable bonds is 11. The molecular weight excluding hydrogens is 449 g/mol. The Bertz CT molecular complexity index is 1000. The van der Waals surface area contributed by atoms with Crippen LogP contribution in [0.2, 0.25) is 5.02 Å². The number of hydrogen-bond acceptors (Lipinski definition) is 3. The van der Waals surface area contributed by atoms with Crippen molar-refractivity contribution in [3.05, 3.63) is 63.9 Å². The Morgan fingerprint density at radius 3 is 2.53 bits per heavy atom. The monoisotopic (exact) mass is 485 g/mol. The minimum atomic E-state index is -0.447. The van der Waals surface area contributed by atoms with Gasteiger partial charge in [0.2, 0.25) is 0 Å². The van der Waals surface area contributed by atoms with Crippen molar-refractivity contribution < 1.29 is 13.9 Å². The molecule has 184 valence electrons. The molecule has 2 aromatic carbocycles.